The zero-order valence-electron chi connectivity index (χ0n) is 18.5. The van der Waals surface area contributed by atoms with Gasteiger partial charge in [-0.25, -0.2) is 4.99 Å². The van der Waals surface area contributed by atoms with E-state index in [0.717, 1.165) is 89.7 Å². The molecule has 0 amide bonds. The average molecular weight is 411 g/mol. The number of ether oxygens (including phenoxy) is 2. The fourth-order valence-electron chi connectivity index (χ4n) is 3.03. The van der Waals surface area contributed by atoms with Gasteiger partial charge in [0.25, 0.3) is 0 Å². The molecule has 29 heavy (non-hydrogen) atoms. The Morgan fingerprint density at radius 3 is 2.66 bits per heavy atom. The monoisotopic (exact) mass is 410 g/mol. The zero-order valence-corrected chi connectivity index (χ0v) is 18.5. The summed E-state index contributed by atoms with van der Waals surface area (Å²) in [6, 6.07) is 0. The number of aromatic nitrogens is 3. The van der Waals surface area contributed by atoms with Gasteiger partial charge < -0.3 is 29.6 Å². The van der Waals surface area contributed by atoms with Crippen LogP contribution in [0.25, 0.3) is 0 Å². The van der Waals surface area contributed by atoms with Crippen LogP contribution in [0.3, 0.4) is 0 Å². The number of nitrogens with zero attached hydrogens (tertiary/aromatic N) is 6. The van der Waals surface area contributed by atoms with E-state index < -0.39 is 0 Å². The first-order valence-electron chi connectivity index (χ1n) is 10.4. The molecule has 0 atom stereocenters. The molecule has 2 rings (SSSR count). The summed E-state index contributed by atoms with van der Waals surface area (Å²) in [4.78, 5) is 9.41. The van der Waals surface area contributed by atoms with Crippen LogP contribution in [0.5, 0.6) is 0 Å². The van der Waals surface area contributed by atoms with Gasteiger partial charge in [0.05, 0.1) is 13.2 Å². The number of methoxy groups -OCH3 is 1. The van der Waals surface area contributed by atoms with Gasteiger partial charge >= 0.3 is 0 Å². The number of hydrogen-bond acceptors (Lipinski definition) is 7. The highest BCUT2D eigenvalue weighted by Gasteiger charge is 2.10. The molecule has 1 aliphatic rings. The van der Waals surface area contributed by atoms with Crippen molar-refractivity contribution in [3.63, 3.8) is 0 Å². The highest BCUT2D eigenvalue weighted by Crippen LogP contribution is 1.99. The Morgan fingerprint density at radius 1 is 1.21 bits per heavy atom. The smallest absolute Gasteiger partial charge is 0.191 e. The summed E-state index contributed by atoms with van der Waals surface area (Å²) in [5.41, 5.74) is 0. The fourth-order valence-corrected chi connectivity index (χ4v) is 3.03. The summed E-state index contributed by atoms with van der Waals surface area (Å²) >= 11 is 0. The molecule has 2 N–H and O–H groups in total. The van der Waals surface area contributed by atoms with Crippen LogP contribution in [0.1, 0.15) is 18.1 Å². The van der Waals surface area contributed by atoms with Crippen LogP contribution in [0, 0.1) is 6.92 Å². The molecule has 1 saturated heterocycles. The lowest BCUT2D eigenvalue weighted by atomic mass is 10.4. The van der Waals surface area contributed by atoms with Crippen LogP contribution in [0.15, 0.2) is 4.99 Å². The highest BCUT2D eigenvalue weighted by atomic mass is 16.5. The first-order chi connectivity index (χ1) is 14.1. The van der Waals surface area contributed by atoms with Crippen LogP contribution in [-0.2, 0) is 23.1 Å². The maximum absolute atomic E-state index is 5.41. The summed E-state index contributed by atoms with van der Waals surface area (Å²) < 4.78 is 12.5. The van der Waals surface area contributed by atoms with Crippen molar-refractivity contribution in [3.05, 3.63) is 11.6 Å². The molecule has 166 valence electrons. The van der Waals surface area contributed by atoms with Crippen molar-refractivity contribution in [2.24, 2.45) is 12.0 Å². The number of aryl methyl sites for hydroxylation is 1. The summed E-state index contributed by atoms with van der Waals surface area (Å²) in [5.74, 6) is 2.56. The van der Waals surface area contributed by atoms with E-state index in [-0.39, 0.29) is 0 Å². The molecule has 0 bridgehead atoms. The number of aliphatic imine (C=N–C) groups is 1. The third-order valence-electron chi connectivity index (χ3n) is 5.06. The van der Waals surface area contributed by atoms with E-state index >= 15 is 0 Å². The molecule has 10 nitrogen and oxygen atoms in total. The van der Waals surface area contributed by atoms with E-state index in [1.807, 2.05) is 18.5 Å². The third kappa shape index (κ3) is 9.07. The first kappa shape index (κ1) is 23.5. The van der Waals surface area contributed by atoms with Crippen molar-refractivity contribution in [3.8, 4) is 0 Å². The molecule has 0 unspecified atom stereocenters. The normalized spacial score (nSPS) is 15.8. The van der Waals surface area contributed by atoms with Crippen LogP contribution < -0.4 is 10.6 Å². The topological polar surface area (TPSA) is 92.1 Å². The molecule has 10 heteroatoms. The molecular formula is C19H38N8O2. The number of nitrogens with one attached hydrogen (secondary N) is 2. The summed E-state index contributed by atoms with van der Waals surface area (Å²) in [6.45, 7) is 11.5. The average Bonchev–Trinajstić information content (AvgIpc) is 3.04. The largest absolute Gasteiger partial charge is 0.385 e. The van der Waals surface area contributed by atoms with E-state index in [1.165, 1.54) is 0 Å². The van der Waals surface area contributed by atoms with Gasteiger partial charge in [0.15, 0.2) is 11.8 Å². The lowest BCUT2D eigenvalue weighted by molar-refractivity contribution is 0.0389. The molecule has 1 aliphatic heterocycles. The van der Waals surface area contributed by atoms with Gasteiger partial charge in [-0.2, -0.15) is 0 Å². The Hall–Kier alpha value is -1.75. The van der Waals surface area contributed by atoms with E-state index in [2.05, 4.69) is 37.7 Å². The second kappa shape index (κ2) is 13.5. The number of likely N-dealkylation sites (N-methyl/N-ethyl adjacent to an activating group) is 1. The summed E-state index contributed by atoms with van der Waals surface area (Å²) in [7, 11) is 5.84. The maximum Gasteiger partial charge on any atom is 0.191 e. The molecule has 0 radical (unpaired) electrons. The van der Waals surface area contributed by atoms with E-state index in [1.54, 1.807) is 7.11 Å². The van der Waals surface area contributed by atoms with Crippen molar-refractivity contribution in [1.82, 2.24) is 35.2 Å². The van der Waals surface area contributed by atoms with E-state index in [4.69, 9.17) is 14.5 Å². The van der Waals surface area contributed by atoms with E-state index in [9.17, 15) is 0 Å². The quantitative estimate of drug-likeness (QED) is 0.270. The molecule has 0 saturated carbocycles. The van der Waals surface area contributed by atoms with Crippen LogP contribution in [0.4, 0.5) is 0 Å². The van der Waals surface area contributed by atoms with Crippen molar-refractivity contribution < 1.29 is 9.47 Å². The molecule has 0 spiro atoms. The number of morpholine rings is 1. The van der Waals surface area contributed by atoms with Crippen LogP contribution in [0.2, 0.25) is 0 Å². The Labute approximate surface area is 174 Å². The number of guanidine groups is 1. The molecule has 0 aliphatic carbocycles. The van der Waals surface area contributed by atoms with Crippen molar-refractivity contribution in [2.75, 3.05) is 79.8 Å². The fraction of sp³-hybridized carbons (Fsp3) is 0.842. The van der Waals surface area contributed by atoms with Gasteiger partial charge in [-0.1, -0.05) is 0 Å². The summed E-state index contributed by atoms with van der Waals surface area (Å²) in [6.07, 6.45) is 1.04. The molecule has 1 aromatic heterocycles. The summed E-state index contributed by atoms with van der Waals surface area (Å²) in [5, 5.41) is 15.2. The Kier molecular flexibility index (Phi) is 10.9. The molecular weight excluding hydrogens is 372 g/mol. The second-order valence-corrected chi connectivity index (χ2v) is 7.34. The van der Waals surface area contributed by atoms with Gasteiger partial charge in [0.1, 0.15) is 12.4 Å². The van der Waals surface area contributed by atoms with E-state index in [0.29, 0.717) is 6.54 Å². The minimum Gasteiger partial charge on any atom is -0.385 e. The first-order valence-corrected chi connectivity index (χ1v) is 10.4. The SMILES string of the molecule is COCCCN(C)CCNC(=NCc1nnc(C)n1C)NCCN1CCOCC1. The number of hydrogen-bond donors (Lipinski definition) is 2. The Morgan fingerprint density at radius 2 is 1.97 bits per heavy atom. The van der Waals surface area contributed by atoms with Crippen molar-refractivity contribution in [1.29, 1.82) is 0 Å². The predicted octanol–water partition coefficient (Wildman–Crippen LogP) is -0.541. The lowest BCUT2D eigenvalue weighted by Crippen LogP contribution is -2.45. The highest BCUT2D eigenvalue weighted by molar-refractivity contribution is 5.79. The second-order valence-electron chi connectivity index (χ2n) is 7.34. The van der Waals surface area contributed by atoms with Gasteiger partial charge in [-0.15, -0.1) is 10.2 Å². The van der Waals surface area contributed by atoms with Crippen LogP contribution in [-0.4, -0.2) is 110 Å². The van der Waals surface area contributed by atoms with Crippen LogP contribution >= 0.6 is 0 Å². The van der Waals surface area contributed by atoms with Crippen molar-refractivity contribution >= 4 is 5.96 Å². The molecule has 0 aromatic carbocycles. The minimum atomic E-state index is 0.494. The predicted molar refractivity (Wildman–Crippen MR) is 114 cm³/mol. The van der Waals surface area contributed by atoms with Crippen molar-refractivity contribution in [2.45, 2.75) is 19.9 Å². The maximum atomic E-state index is 5.41. The molecule has 1 aromatic rings. The lowest BCUT2D eigenvalue weighted by Gasteiger charge is -2.27. The van der Waals surface area contributed by atoms with Gasteiger partial charge in [-0.05, 0) is 20.4 Å². The molecule has 1 fully saturated rings. The third-order valence-corrected chi connectivity index (χ3v) is 5.06. The number of rotatable bonds is 12. The molecule has 2 heterocycles. The minimum absolute atomic E-state index is 0.494. The van der Waals surface area contributed by atoms with Gasteiger partial charge in [-0.3, -0.25) is 4.90 Å². The Balaban J connectivity index is 1.80. The zero-order chi connectivity index (χ0) is 20.9. The Bertz CT molecular complexity index is 601. The van der Waals surface area contributed by atoms with Gasteiger partial charge in [0.2, 0.25) is 0 Å². The van der Waals surface area contributed by atoms with Gasteiger partial charge in [0, 0.05) is 66.6 Å². The standard InChI is InChI=1S/C19H38N8O2/c1-17-23-24-18(26(17)3)16-22-19(20-6-9-25(2)8-5-13-28-4)21-7-10-27-11-14-29-15-12-27/h5-16H2,1-4H3,(H2,20,21,22).